The molecule has 1 aliphatic rings. The van der Waals surface area contributed by atoms with Crippen molar-refractivity contribution in [3.05, 3.63) is 64.7 Å². The minimum absolute atomic E-state index is 0.00876. The highest BCUT2D eigenvalue weighted by Crippen LogP contribution is 2.26. The molecule has 0 aromatic heterocycles. The van der Waals surface area contributed by atoms with Crippen LogP contribution in [0.3, 0.4) is 0 Å². The molecule has 1 aliphatic heterocycles. The van der Waals surface area contributed by atoms with Gasteiger partial charge in [0, 0.05) is 56.5 Å². The largest absolute Gasteiger partial charge is 0.468 e. The predicted molar refractivity (Wildman–Crippen MR) is 114 cm³/mol. The lowest BCUT2D eigenvalue weighted by molar-refractivity contribution is -0.148. The zero-order chi connectivity index (χ0) is 21.0. The first kappa shape index (κ1) is 21.1. The highest BCUT2D eigenvalue weighted by molar-refractivity contribution is 6.30. The lowest BCUT2D eigenvalue weighted by Crippen LogP contribution is -2.51. The maximum Gasteiger partial charge on any atom is 0.327 e. The number of esters is 1. The summed E-state index contributed by atoms with van der Waals surface area (Å²) in [6.45, 7) is 2.27. The second-order valence-corrected chi connectivity index (χ2v) is 7.69. The summed E-state index contributed by atoms with van der Waals surface area (Å²) in [6.07, 6.45) is 0. The number of hydrogen-bond acceptors (Lipinski definition) is 5. The van der Waals surface area contributed by atoms with Crippen molar-refractivity contribution in [3.8, 4) is 0 Å². The molecule has 0 saturated carbocycles. The fourth-order valence-electron chi connectivity index (χ4n) is 3.54. The summed E-state index contributed by atoms with van der Waals surface area (Å²) in [4.78, 5) is 31.2. The third kappa shape index (κ3) is 4.89. The number of hydrogen-bond donors (Lipinski definition) is 0. The molecule has 1 atom stereocenters. The van der Waals surface area contributed by atoms with Gasteiger partial charge in [0.2, 0.25) is 0 Å². The number of benzene rings is 2. The average Bonchev–Trinajstić information content (AvgIpc) is 2.75. The van der Waals surface area contributed by atoms with Crippen LogP contribution in [-0.2, 0) is 9.53 Å². The Morgan fingerprint density at radius 2 is 1.69 bits per heavy atom. The third-order valence-corrected chi connectivity index (χ3v) is 5.44. The number of piperazine rings is 1. The second-order valence-electron chi connectivity index (χ2n) is 7.25. The fraction of sp³-hybridized carbons (Fsp3) is 0.364. The Hall–Kier alpha value is -2.57. The Morgan fingerprint density at radius 1 is 1.03 bits per heavy atom. The lowest BCUT2D eigenvalue weighted by atomic mass is 10.0. The molecule has 0 radical (unpaired) electrons. The van der Waals surface area contributed by atoms with Crippen LogP contribution in [0.4, 0.5) is 5.69 Å². The van der Waals surface area contributed by atoms with Gasteiger partial charge in [0.1, 0.15) is 6.04 Å². The van der Waals surface area contributed by atoms with Crippen LogP contribution in [0.1, 0.15) is 22.0 Å². The van der Waals surface area contributed by atoms with Gasteiger partial charge in [0.25, 0.3) is 5.91 Å². The predicted octanol–water partition coefficient (Wildman–Crippen LogP) is 3.08. The van der Waals surface area contributed by atoms with Crippen LogP contribution < -0.4 is 4.90 Å². The second kappa shape index (κ2) is 9.29. The SMILES string of the molecule is COC(=O)C(c1ccc(Cl)cc1)N1CCN(C(=O)c2cccc(N(C)C)c2)CC1. The van der Waals surface area contributed by atoms with Crippen molar-refractivity contribution in [3.63, 3.8) is 0 Å². The van der Waals surface area contributed by atoms with Crippen molar-refractivity contribution < 1.29 is 14.3 Å². The summed E-state index contributed by atoms with van der Waals surface area (Å²) in [6, 6.07) is 14.3. The highest BCUT2D eigenvalue weighted by Gasteiger charge is 2.32. The van der Waals surface area contributed by atoms with Crippen LogP contribution in [0.5, 0.6) is 0 Å². The third-order valence-electron chi connectivity index (χ3n) is 5.19. The number of carbonyl (C=O) groups excluding carboxylic acids is 2. The van der Waals surface area contributed by atoms with Crippen LogP contribution in [0, 0.1) is 0 Å². The smallest absolute Gasteiger partial charge is 0.327 e. The van der Waals surface area contributed by atoms with E-state index in [1.54, 1.807) is 12.1 Å². The molecule has 1 heterocycles. The Bertz CT molecular complexity index is 862. The Balaban J connectivity index is 1.71. The first-order chi connectivity index (χ1) is 13.9. The summed E-state index contributed by atoms with van der Waals surface area (Å²) < 4.78 is 5.03. The molecule has 1 amide bonds. The van der Waals surface area contributed by atoms with E-state index in [0.717, 1.165) is 11.3 Å². The molecule has 0 spiro atoms. The molecule has 2 aromatic carbocycles. The van der Waals surface area contributed by atoms with E-state index in [9.17, 15) is 9.59 Å². The Kier molecular flexibility index (Phi) is 6.77. The first-order valence-corrected chi connectivity index (χ1v) is 9.92. The average molecular weight is 416 g/mol. The van der Waals surface area contributed by atoms with Gasteiger partial charge in [-0.15, -0.1) is 0 Å². The van der Waals surface area contributed by atoms with Gasteiger partial charge >= 0.3 is 5.97 Å². The number of amides is 1. The molecule has 0 aliphatic carbocycles. The van der Waals surface area contributed by atoms with Gasteiger partial charge < -0.3 is 14.5 Å². The van der Waals surface area contributed by atoms with E-state index < -0.39 is 6.04 Å². The minimum Gasteiger partial charge on any atom is -0.468 e. The molecule has 6 nitrogen and oxygen atoms in total. The Labute approximate surface area is 176 Å². The molecule has 29 heavy (non-hydrogen) atoms. The number of anilines is 1. The molecule has 1 fully saturated rings. The van der Waals surface area contributed by atoms with Crippen molar-refractivity contribution in [1.29, 1.82) is 0 Å². The summed E-state index contributed by atoms with van der Waals surface area (Å²) in [7, 11) is 5.29. The van der Waals surface area contributed by atoms with E-state index in [1.807, 2.05) is 60.3 Å². The van der Waals surface area contributed by atoms with E-state index in [-0.39, 0.29) is 11.9 Å². The molecule has 2 aromatic rings. The molecule has 3 rings (SSSR count). The van der Waals surface area contributed by atoms with Gasteiger partial charge in [0.05, 0.1) is 7.11 Å². The molecular formula is C22H26ClN3O3. The quantitative estimate of drug-likeness (QED) is 0.702. The van der Waals surface area contributed by atoms with Crippen molar-refractivity contribution in [2.24, 2.45) is 0 Å². The monoisotopic (exact) mass is 415 g/mol. The number of halogens is 1. The van der Waals surface area contributed by atoms with Crippen LogP contribution in [0.15, 0.2) is 48.5 Å². The van der Waals surface area contributed by atoms with Crippen LogP contribution >= 0.6 is 11.6 Å². The maximum atomic E-state index is 12.9. The minimum atomic E-state index is -0.508. The van der Waals surface area contributed by atoms with Gasteiger partial charge in [-0.2, -0.15) is 0 Å². The standard InChI is InChI=1S/C22H26ClN3O3/c1-24(2)19-6-4-5-17(15-19)21(27)26-13-11-25(12-14-26)20(22(28)29-3)16-7-9-18(23)10-8-16/h4-10,15,20H,11-14H2,1-3H3. The van der Waals surface area contributed by atoms with E-state index in [1.165, 1.54) is 7.11 Å². The van der Waals surface area contributed by atoms with Crippen LogP contribution in [0.2, 0.25) is 5.02 Å². The topological polar surface area (TPSA) is 53.1 Å². The molecule has 1 saturated heterocycles. The fourth-order valence-corrected chi connectivity index (χ4v) is 3.66. The van der Waals surface area contributed by atoms with E-state index in [2.05, 4.69) is 4.90 Å². The van der Waals surface area contributed by atoms with Gasteiger partial charge in [-0.1, -0.05) is 29.8 Å². The Morgan fingerprint density at radius 3 is 2.28 bits per heavy atom. The highest BCUT2D eigenvalue weighted by atomic mass is 35.5. The molecule has 0 N–H and O–H groups in total. The molecule has 7 heteroatoms. The number of rotatable bonds is 5. The molecule has 1 unspecified atom stereocenters. The van der Waals surface area contributed by atoms with E-state index in [4.69, 9.17) is 16.3 Å². The maximum absolute atomic E-state index is 12.9. The number of carbonyl (C=O) groups is 2. The van der Waals surface area contributed by atoms with Crippen LogP contribution in [-0.4, -0.2) is 69.1 Å². The van der Waals surface area contributed by atoms with Gasteiger partial charge in [-0.05, 0) is 35.9 Å². The zero-order valence-electron chi connectivity index (χ0n) is 17.0. The van der Waals surface area contributed by atoms with Crippen molar-refractivity contribution in [2.45, 2.75) is 6.04 Å². The van der Waals surface area contributed by atoms with Gasteiger partial charge in [-0.3, -0.25) is 9.69 Å². The van der Waals surface area contributed by atoms with Gasteiger partial charge in [-0.25, -0.2) is 4.79 Å². The summed E-state index contributed by atoms with van der Waals surface area (Å²) in [5.41, 5.74) is 2.49. The number of methoxy groups -OCH3 is 1. The van der Waals surface area contributed by atoms with E-state index in [0.29, 0.717) is 36.8 Å². The molecular weight excluding hydrogens is 390 g/mol. The van der Waals surface area contributed by atoms with Crippen molar-refractivity contribution in [2.75, 3.05) is 52.3 Å². The molecule has 0 bridgehead atoms. The van der Waals surface area contributed by atoms with Crippen LogP contribution in [0.25, 0.3) is 0 Å². The number of nitrogens with zero attached hydrogens (tertiary/aromatic N) is 3. The first-order valence-electron chi connectivity index (χ1n) is 9.54. The normalized spacial score (nSPS) is 15.7. The number of ether oxygens (including phenoxy) is 1. The van der Waals surface area contributed by atoms with Crippen molar-refractivity contribution >= 4 is 29.2 Å². The zero-order valence-corrected chi connectivity index (χ0v) is 17.7. The summed E-state index contributed by atoms with van der Waals surface area (Å²) in [5.74, 6) is -0.305. The van der Waals surface area contributed by atoms with Gasteiger partial charge in [0.15, 0.2) is 0 Å². The summed E-state index contributed by atoms with van der Waals surface area (Å²) >= 11 is 5.98. The van der Waals surface area contributed by atoms with Crippen molar-refractivity contribution in [1.82, 2.24) is 9.80 Å². The lowest BCUT2D eigenvalue weighted by Gasteiger charge is -2.38. The molecule has 154 valence electrons. The van der Waals surface area contributed by atoms with E-state index >= 15 is 0 Å². The summed E-state index contributed by atoms with van der Waals surface area (Å²) in [5, 5.41) is 0.618.